The molecule has 1 aromatic carbocycles. The fourth-order valence-corrected chi connectivity index (χ4v) is 3.54. The fraction of sp³-hybridized carbons (Fsp3) is 0.500. The maximum atomic E-state index is 12.8. The summed E-state index contributed by atoms with van der Waals surface area (Å²) < 4.78 is 5.09. The number of methoxy groups -OCH3 is 1. The predicted molar refractivity (Wildman–Crippen MR) is 90.3 cm³/mol. The van der Waals surface area contributed by atoms with Crippen LogP contribution in [-0.4, -0.2) is 54.9 Å². The number of carbonyl (C=O) groups excluding carboxylic acids is 1. The van der Waals surface area contributed by atoms with Crippen LogP contribution in [0.25, 0.3) is 0 Å². The topological polar surface area (TPSA) is 66.8 Å². The Kier molecular flexibility index (Phi) is 5.95. The Morgan fingerprint density at radius 3 is 2.83 bits per heavy atom. The summed E-state index contributed by atoms with van der Waals surface area (Å²) in [5.41, 5.74) is -0.635. The minimum absolute atomic E-state index is 0.0880. The lowest BCUT2D eigenvalue weighted by Crippen LogP contribution is -2.52. The largest absolute Gasteiger partial charge is 0.481 e. The molecule has 0 spiro atoms. The summed E-state index contributed by atoms with van der Waals surface area (Å²) in [6.45, 7) is 0.747. The number of carbonyl (C=O) groups is 2. The van der Waals surface area contributed by atoms with Crippen molar-refractivity contribution in [2.75, 3.05) is 33.1 Å². The quantitative estimate of drug-likeness (QED) is 0.820. The van der Waals surface area contributed by atoms with Gasteiger partial charge in [-0.15, -0.1) is 11.8 Å². The first-order chi connectivity index (χ1) is 10.9. The molecule has 7 heteroatoms. The van der Waals surface area contributed by atoms with Gasteiger partial charge in [0.2, 0.25) is 0 Å². The molecule has 1 unspecified atom stereocenters. The van der Waals surface area contributed by atoms with Crippen molar-refractivity contribution in [3.05, 3.63) is 28.8 Å². The van der Waals surface area contributed by atoms with E-state index >= 15 is 0 Å². The highest BCUT2D eigenvalue weighted by Crippen LogP contribution is 2.33. The lowest BCUT2D eigenvalue weighted by atomic mass is 9.80. The molecule has 1 aliphatic rings. The number of carboxylic acids is 1. The monoisotopic (exact) mass is 357 g/mol. The molecule has 1 heterocycles. The van der Waals surface area contributed by atoms with Gasteiger partial charge in [-0.05, 0) is 37.3 Å². The van der Waals surface area contributed by atoms with Gasteiger partial charge in [-0.25, -0.2) is 0 Å². The van der Waals surface area contributed by atoms with Crippen molar-refractivity contribution in [3.8, 4) is 0 Å². The van der Waals surface area contributed by atoms with Crippen molar-refractivity contribution in [2.24, 2.45) is 5.41 Å². The van der Waals surface area contributed by atoms with Crippen molar-refractivity contribution in [1.29, 1.82) is 0 Å². The maximum Gasteiger partial charge on any atom is 0.313 e. The van der Waals surface area contributed by atoms with Gasteiger partial charge >= 0.3 is 5.97 Å². The second-order valence-corrected chi connectivity index (χ2v) is 6.98. The van der Waals surface area contributed by atoms with Crippen LogP contribution >= 0.6 is 23.4 Å². The number of hydrogen-bond donors (Lipinski definition) is 1. The summed E-state index contributed by atoms with van der Waals surface area (Å²) in [5, 5.41) is 9.96. The van der Waals surface area contributed by atoms with E-state index in [4.69, 9.17) is 16.3 Å². The third-order valence-corrected chi connectivity index (χ3v) is 5.20. The van der Waals surface area contributed by atoms with Crippen LogP contribution in [0, 0.1) is 5.41 Å². The minimum atomic E-state index is -1.05. The molecule has 1 fully saturated rings. The molecule has 1 aliphatic heterocycles. The van der Waals surface area contributed by atoms with Crippen LogP contribution in [0.1, 0.15) is 23.2 Å². The molecule has 1 atom stereocenters. The number of halogens is 1. The van der Waals surface area contributed by atoms with Crippen LogP contribution in [-0.2, 0) is 9.53 Å². The number of aliphatic carboxylic acids is 1. The Labute approximate surface area is 144 Å². The van der Waals surface area contributed by atoms with Gasteiger partial charge < -0.3 is 14.7 Å². The number of hydrogen-bond acceptors (Lipinski definition) is 4. The summed E-state index contributed by atoms with van der Waals surface area (Å²) in [5.74, 6) is -1.16. The normalized spacial score (nSPS) is 21.3. The third-order valence-electron chi connectivity index (χ3n) is 4.14. The highest BCUT2D eigenvalue weighted by molar-refractivity contribution is 7.98. The number of likely N-dealkylation sites (tertiary alicyclic amines) is 1. The molecule has 5 nitrogen and oxygen atoms in total. The average Bonchev–Trinajstić information content (AvgIpc) is 2.55. The molecule has 1 amide bonds. The van der Waals surface area contributed by atoms with E-state index in [-0.39, 0.29) is 19.1 Å². The average molecular weight is 358 g/mol. The van der Waals surface area contributed by atoms with Crippen LogP contribution in [0.3, 0.4) is 0 Å². The van der Waals surface area contributed by atoms with E-state index in [0.717, 1.165) is 4.90 Å². The number of carboxylic acid groups (broad SMARTS) is 1. The van der Waals surface area contributed by atoms with E-state index in [9.17, 15) is 14.7 Å². The van der Waals surface area contributed by atoms with Crippen LogP contribution in [0.4, 0.5) is 0 Å². The number of rotatable bonds is 5. The van der Waals surface area contributed by atoms with Gasteiger partial charge in [-0.1, -0.05) is 11.6 Å². The first kappa shape index (κ1) is 18.1. The Balaban J connectivity index is 2.27. The number of ether oxygens (including phenoxy) is 1. The summed E-state index contributed by atoms with van der Waals surface area (Å²) in [6.07, 6.45) is 3.05. The second kappa shape index (κ2) is 7.55. The van der Waals surface area contributed by atoms with Crippen molar-refractivity contribution < 1.29 is 19.4 Å². The SMILES string of the molecule is COCC1(C(=O)O)CCCN(C(=O)c2cc(SC)ccc2Cl)C1. The van der Waals surface area contributed by atoms with Crippen LogP contribution in [0.2, 0.25) is 5.02 Å². The highest BCUT2D eigenvalue weighted by atomic mass is 35.5. The van der Waals surface area contributed by atoms with Crippen LogP contribution in [0.15, 0.2) is 23.1 Å². The summed E-state index contributed by atoms with van der Waals surface area (Å²) in [7, 11) is 1.48. The number of thioether (sulfide) groups is 1. The summed E-state index contributed by atoms with van der Waals surface area (Å²) in [4.78, 5) is 27.0. The van der Waals surface area contributed by atoms with Crippen LogP contribution < -0.4 is 0 Å². The zero-order valence-electron chi connectivity index (χ0n) is 13.2. The molecule has 0 radical (unpaired) electrons. The van der Waals surface area contributed by atoms with Crippen molar-refractivity contribution in [2.45, 2.75) is 17.7 Å². The third kappa shape index (κ3) is 3.82. The summed E-state index contributed by atoms with van der Waals surface area (Å²) >= 11 is 7.69. The Morgan fingerprint density at radius 2 is 2.22 bits per heavy atom. The van der Waals surface area contributed by atoms with E-state index in [1.807, 2.05) is 12.3 Å². The molecule has 0 saturated carbocycles. The second-order valence-electron chi connectivity index (χ2n) is 5.69. The zero-order valence-corrected chi connectivity index (χ0v) is 14.7. The fourth-order valence-electron chi connectivity index (χ4n) is 2.90. The van der Waals surface area contributed by atoms with E-state index < -0.39 is 11.4 Å². The van der Waals surface area contributed by atoms with Gasteiger partial charge in [0, 0.05) is 25.1 Å². The lowest BCUT2D eigenvalue weighted by molar-refractivity contribution is -0.155. The van der Waals surface area contributed by atoms with Crippen LogP contribution in [0.5, 0.6) is 0 Å². The molecular formula is C16H20ClNO4S. The highest BCUT2D eigenvalue weighted by Gasteiger charge is 2.44. The van der Waals surface area contributed by atoms with Gasteiger partial charge in [0.1, 0.15) is 5.41 Å². The van der Waals surface area contributed by atoms with E-state index in [0.29, 0.717) is 30.0 Å². The van der Waals surface area contributed by atoms with E-state index in [2.05, 4.69) is 0 Å². The van der Waals surface area contributed by atoms with E-state index in [1.165, 1.54) is 18.9 Å². The van der Waals surface area contributed by atoms with Crippen molar-refractivity contribution >= 4 is 35.2 Å². The number of benzene rings is 1. The number of nitrogens with zero attached hydrogens (tertiary/aromatic N) is 1. The molecular weight excluding hydrogens is 338 g/mol. The smallest absolute Gasteiger partial charge is 0.313 e. The first-order valence-corrected chi connectivity index (χ1v) is 8.89. The Morgan fingerprint density at radius 1 is 1.48 bits per heavy atom. The van der Waals surface area contributed by atoms with Gasteiger partial charge in [0.25, 0.3) is 5.91 Å². The standard InChI is InChI=1S/C16H20ClNO4S/c1-22-10-16(15(20)21)6-3-7-18(9-16)14(19)12-8-11(23-2)4-5-13(12)17/h4-5,8H,3,6-7,9-10H2,1-2H3,(H,20,21). The van der Waals surface area contributed by atoms with Gasteiger partial charge in [0.15, 0.2) is 0 Å². The molecule has 0 aromatic heterocycles. The predicted octanol–water partition coefficient (Wildman–Crippen LogP) is 3.02. The number of amides is 1. The molecule has 126 valence electrons. The molecule has 2 rings (SSSR count). The van der Waals surface area contributed by atoms with E-state index in [1.54, 1.807) is 17.0 Å². The molecule has 1 N–H and O–H groups in total. The van der Waals surface area contributed by atoms with Gasteiger partial charge in [0.05, 0.1) is 17.2 Å². The lowest BCUT2D eigenvalue weighted by Gasteiger charge is -2.39. The molecule has 1 aromatic rings. The Hall–Kier alpha value is -1.24. The zero-order chi connectivity index (χ0) is 17.0. The van der Waals surface area contributed by atoms with Gasteiger partial charge in [-0.3, -0.25) is 9.59 Å². The molecule has 0 aliphatic carbocycles. The van der Waals surface area contributed by atoms with Crippen molar-refractivity contribution in [3.63, 3.8) is 0 Å². The van der Waals surface area contributed by atoms with Gasteiger partial charge in [-0.2, -0.15) is 0 Å². The maximum absolute atomic E-state index is 12.8. The molecule has 23 heavy (non-hydrogen) atoms. The molecule has 1 saturated heterocycles. The minimum Gasteiger partial charge on any atom is -0.481 e. The summed E-state index contributed by atoms with van der Waals surface area (Å²) in [6, 6.07) is 5.30. The molecule has 0 bridgehead atoms. The first-order valence-electron chi connectivity index (χ1n) is 7.28. The Bertz CT molecular complexity index is 606. The number of piperidine rings is 1. The van der Waals surface area contributed by atoms with Crippen molar-refractivity contribution in [1.82, 2.24) is 4.90 Å².